The van der Waals surface area contributed by atoms with Gasteiger partial charge in [0.25, 0.3) is 0 Å². The Morgan fingerprint density at radius 1 is 0.755 bits per heavy atom. The molecule has 5 atom stereocenters. The van der Waals surface area contributed by atoms with Gasteiger partial charge in [0.05, 0.1) is 11.5 Å². The van der Waals surface area contributed by atoms with Gasteiger partial charge in [-0.3, -0.25) is 0 Å². The van der Waals surface area contributed by atoms with E-state index in [0.717, 1.165) is 27.5 Å². The fourth-order valence-electron chi connectivity index (χ4n) is 5.46. The summed E-state index contributed by atoms with van der Waals surface area (Å²) >= 11 is 1.58. The number of rotatable bonds is 14. The van der Waals surface area contributed by atoms with Crippen LogP contribution in [0.2, 0.25) is 96.7 Å². The minimum absolute atomic E-state index is 0.133. The van der Waals surface area contributed by atoms with Gasteiger partial charge in [0.15, 0.2) is 33.3 Å². The Bertz CT molecular complexity index is 1380. The van der Waals surface area contributed by atoms with E-state index in [-0.39, 0.29) is 5.04 Å². The molecule has 1 fully saturated rings. The molecule has 0 aliphatic carbocycles. The molecule has 1 unspecified atom stereocenters. The van der Waals surface area contributed by atoms with Gasteiger partial charge in [0, 0.05) is 4.88 Å². The Balaban J connectivity index is 2.08. The van der Waals surface area contributed by atoms with Crippen molar-refractivity contribution < 1.29 is 32.0 Å². The quantitative estimate of drug-likeness (QED) is 0.191. The molecule has 3 rings (SSSR count). The van der Waals surface area contributed by atoms with Crippen LogP contribution in [-0.2, 0) is 34.6 Å². The molecule has 1 aromatic heterocycles. The lowest BCUT2D eigenvalue weighted by Crippen LogP contribution is -2.69. The first-order chi connectivity index (χ1) is 21.9. The predicted molar refractivity (Wildman–Crippen MR) is 219 cm³/mol. The molecule has 13 heteroatoms. The number of hydrogen-bond donors (Lipinski definition) is 1. The van der Waals surface area contributed by atoms with Crippen molar-refractivity contribution >= 4 is 52.9 Å². The highest BCUT2D eigenvalue weighted by Gasteiger charge is 2.59. The number of hydrogen-bond acceptors (Lipinski definition) is 8. The zero-order valence-electron chi connectivity index (χ0n) is 33.9. The van der Waals surface area contributed by atoms with Crippen LogP contribution in [0.25, 0.3) is 0 Å². The van der Waals surface area contributed by atoms with Crippen molar-refractivity contribution in [2.45, 2.75) is 161 Å². The van der Waals surface area contributed by atoms with Crippen LogP contribution in [0.5, 0.6) is 5.75 Å². The smallest absolute Gasteiger partial charge is 0.250 e. The highest BCUT2D eigenvalue weighted by molar-refractivity contribution is 7.12. The molecule has 1 aliphatic heterocycles. The first-order valence-electron chi connectivity index (χ1n) is 17.8. The fraction of sp³-hybridized carbons (Fsp3) is 0.722. The Morgan fingerprint density at radius 2 is 1.27 bits per heavy atom. The molecular weight excluding hydrogens is 717 g/mol. The normalized spacial score (nSPS) is 24.7. The first kappa shape index (κ1) is 43.0. The highest BCUT2D eigenvalue weighted by atomic mass is 32.1. The Labute approximate surface area is 308 Å². The van der Waals surface area contributed by atoms with Gasteiger partial charge in [-0.25, -0.2) is 0 Å². The molecule has 0 amide bonds. The third-order valence-electron chi connectivity index (χ3n) is 8.72. The molecule has 2 heterocycles. The van der Waals surface area contributed by atoms with Crippen molar-refractivity contribution in [1.82, 2.24) is 0 Å². The number of aryl methyl sites for hydroxylation is 1. The van der Waals surface area contributed by atoms with Gasteiger partial charge in [0.1, 0.15) is 30.2 Å². The summed E-state index contributed by atoms with van der Waals surface area (Å²) in [5, 5.41) is 13.1. The van der Waals surface area contributed by atoms with Crippen molar-refractivity contribution in [2.24, 2.45) is 0 Å². The van der Waals surface area contributed by atoms with Crippen LogP contribution in [0.4, 0.5) is 0 Å². The third kappa shape index (κ3) is 12.3. The summed E-state index contributed by atoms with van der Waals surface area (Å²) < 4.78 is 40.8. The molecule has 1 aromatic carbocycles. The second-order valence-electron chi connectivity index (χ2n) is 19.2. The molecular formula is C36H68O7SSi5. The van der Waals surface area contributed by atoms with Crippen LogP contribution in [-0.4, -0.2) is 77.7 Å². The van der Waals surface area contributed by atoms with Gasteiger partial charge in [-0.1, -0.05) is 32.9 Å². The molecule has 1 saturated heterocycles. The van der Waals surface area contributed by atoms with E-state index in [2.05, 4.69) is 150 Å². The Morgan fingerprint density at radius 3 is 1.73 bits per heavy atom. The third-order valence-corrected chi connectivity index (χ3v) is 18.2. The standard InChI is InChI=1S/C36H68O7SSi5/c1-26-28(23-27-19-21-29(22-20-27)40-49(17,18)35(2,3)4)24-31(44-26)36(37)34(43-48(14,15)16)33(42-47(11,12)13)32(41-46(8,9)10)30(39-36)25-38-45(5,6)7/h19-22,24,30,32-34,37H,23,25H2,1-18H3/t30-,32-,33+,34-,36?/m1/s1. The molecule has 0 saturated carbocycles. The number of thiophene rings is 1. The van der Waals surface area contributed by atoms with E-state index >= 15 is 0 Å². The lowest BCUT2D eigenvalue weighted by Gasteiger charge is -2.54. The summed E-state index contributed by atoms with van der Waals surface area (Å²) in [6.07, 6.45) is -1.54. The number of ether oxygens (including phenoxy) is 1. The second kappa shape index (κ2) is 15.1. The molecule has 1 aliphatic rings. The molecule has 0 radical (unpaired) electrons. The van der Waals surface area contributed by atoms with Crippen LogP contribution in [0.1, 0.15) is 41.7 Å². The fourth-order valence-corrected chi connectivity index (χ4v) is 11.5. The highest BCUT2D eigenvalue weighted by Crippen LogP contribution is 2.46. The van der Waals surface area contributed by atoms with Gasteiger partial charge in [-0.05, 0) is 139 Å². The maximum atomic E-state index is 13.0. The van der Waals surface area contributed by atoms with Crippen molar-refractivity contribution in [1.29, 1.82) is 0 Å². The summed E-state index contributed by atoms with van der Waals surface area (Å²) in [5.41, 5.74) is 2.34. The van der Waals surface area contributed by atoms with Crippen molar-refractivity contribution in [2.75, 3.05) is 6.61 Å². The zero-order chi connectivity index (χ0) is 37.6. The first-order valence-corrected chi connectivity index (χ1v) is 35.2. The molecule has 49 heavy (non-hydrogen) atoms. The summed E-state index contributed by atoms with van der Waals surface area (Å²) in [5.74, 6) is -0.823. The largest absolute Gasteiger partial charge is 0.544 e. The van der Waals surface area contributed by atoms with E-state index in [1.54, 1.807) is 11.3 Å². The van der Waals surface area contributed by atoms with Gasteiger partial charge in [0.2, 0.25) is 14.1 Å². The van der Waals surface area contributed by atoms with Gasteiger partial charge >= 0.3 is 0 Å². The van der Waals surface area contributed by atoms with Gasteiger partial charge < -0.3 is 32.0 Å². The van der Waals surface area contributed by atoms with E-state index in [1.807, 2.05) is 0 Å². The SMILES string of the molecule is Cc1sc(C2(O)O[C@H](CO[Si](C)(C)C)[C@@H](O[Si](C)(C)C)[C@H](O[Si](C)(C)C)[C@H]2O[Si](C)(C)C)cc1Cc1ccc(O[Si](C)(C)C(C)(C)C)cc1. The van der Waals surface area contributed by atoms with E-state index in [4.69, 9.17) is 26.9 Å². The maximum absolute atomic E-state index is 13.0. The zero-order valence-corrected chi connectivity index (χ0v) is 39.7. The number of aliphatic hydroxyl groups is 1. The topological polar surface area (TPSA) is 75.6 Å². The summed E-state index contributed by atoms with van der Waals surface area (Å²) in [6, 6.07) is 10.6. The molecule has 2 aromatic rings. The minimum Gasteiger partial charge on any atom is -0.544 e. The van der Waals surface area contributed by atoms with Gasteiger partial charge in [-0.15, -0.1) is 11.3 Å². The number of benzene rings is 1. The van der Waals surface area contributed by atoms with Gasteiger partial charge in [-0.2, -0.15) is 0 Å². The summed E-state index contributed by atoms with van der Waals surface area (Å²) in [7, 11) is -10.3. The minimum atomic E-state index is -2.22. The molecule has 0 spiro atoms. The molecule has 7 nitrogen and oxygen atoms in total. The van der Waals surface area contributed by atoms with Crippen molar-refractivity contribution in [3.8, 4) is 5.75 Å². The van der Waals surface area contributed by atoms with Crippen LogP contribution >= 0.6 is 11.3 Å². The van der Waals surface area contributed by atoms with Crippen LogP contribution in [0.3, 0.4) is 0 Å². The van der Waals surface area contributed by atoms with Crippen molar-refractivity contribution in [3.63, 3.8) is 0 Å². The summed E-state index contributed by atoms with van der Waals surface area (Å²) in [4.78, 5) is 1.87. The van der Waals surface area contributed by atoms with Crippen molar-refractivity contribution in [3.05, 3.63) is 51.2 Å². The Kier molecular flexibility index (Phi) is 13.3. The lowest BCUT2D eigenvalue weighted by molar-refractivity contribution is -0.347. The molecule has 1 N–H and O–H groups in total. The van der Waals surface area contributed by atoms with Crippen LogP contribution < -0.4 is 4.43 Å². The van der Waals surface area contributed by atoms with E-state index in [9.17, 15) is 5.11 Å². The summed E-state index contributed by atoms with van der Waals surface area (Å²) in [6.45, 7) is 39.8. The average molecular weight is 785 g/mol. The van der Waals surface area contributed by atoms with Crippen LogP contribution in [0.15, 0.2) is 30.3 Å². The van der Waals surface area contributed by atoms with E-state index in [0.29, 0.717) is 6.61 Å². The average Bonchev–Trinajstić information content (AvgIpc) is 3.25. The maximum Gasteiger partial charge on any atom is 0.250 e. The Hall–Kier alpha value is -0.436. The molecule has 280 valence electrons. The van der Waals surface area contributed by atoms with E-state index in [1.165, 1.54) is 5.56 Å². The lowest BCUT2D eigenvalue weighted by atomic mass is 9.91. The second-order valence-corrected chi connectivity index (χ2v) is 43.1. The van der Waals surface area contributed by atoms with Crippen LogP contribution in [0, 0.1) is 6.92 Å². The molecule has 0 bridgehead atoms. The van der Waals surface area contributed by atoms with E-state index < -0.39 is 71.8 Å². The monoisotopic (exact) mass is 784 g/mol. The predicted octanol–water partition coefficient (Wildman–Crippen LogP) is 10.1.